The summed E-state index contributed by atoms with van der Waals surface area (Å²) in [4.78, 5) is 23.2. The lowest BCUT2D eigenvalue weighted by Gasteiger charge is -2.27. The maximum absolute atomic E-state index is 13.1. The summed E-state index contributed by atoms with van der Waals surface area (Å²) in [6.45, 7) is 4.18. The summed E-state index contributed by atoms with van der Waals surface area (Å²) in [6, 6.07) is 4.88. The monoisotopic (exact) mass is 433 g/mol. The molecule has 1 aromatic rings. The maximum Gasteiger partial charge on any atom is 0.307 e. The predicted octanol–water partition coefficient (Wildman–Crippen LogP) is 1.75. The van der Waals surface area contributed by atoms with Crippen molar-refractivity contribution in [1.29, 1.82) is 5.26 Å². The standard InChI is InChI=1S/C17H21ClFN3O5S/c1-11(2)17(3,10-20)22-15(23)9-27-16(24)6-7-21-28(25,26)12-4-5-14(19)13(18)8-12/h4-5,8,11,21H,6-7,9H2,1-3H3,(H,22,23)/t17-/m1/s1. The van der Waals surface area contributed by atoms with E-state index in [9.17, 15) is 22.4 Å². The summed E-state index contributed by atoms with van der Waals surface area (Å²) in [6.07, 6.45) is -0.332. The van der Waals surface area contributed by atoms with Crippen LogP contribution in [0.15, 0.2) is 23.1 Å². The maximum atomic E-state index is 13.1. The van der Waals surface area contributed by atoms with Crippen LogP contribution in [0.5, 0.6) is 0 Å². The van der Waals surface area contributed by atoms with Gasteiger partial charge < -0.3 is 10.1 Å². The molecule has 0 saturated carbocycles. The van der Waals surface area contributed by atoms with Crippen LogP contribution in [0.1, 0.15) is 27.2 Å². The average Bonchev–Trinajstić information content (AvgIpc) is 2.61. The van der Waals surface area contributed by atoms with E-state index >= 15 is 0 Å². The molecule has 1 amide bonds. The number of nitrogens with one attached hydrogen (secondary N) is 2. The van der Waals surface area contributed by atoms with Crippen LogP contribution in [-0.4, -0.2) is 39.0 Å². The first-order valence-electron chi connectivity index (χ1n) is 8.24. The van der Waals surface area contributed by atoms with Gasteiger partial charge in [0, 0.05) is 6.54 Å². The van der Waals surface area contributed by atoms with Crippen molar-refractivity contribution >= 4 is 33.5 Å². The molecule has 0 heterocycles. The molecule has 0 aromatic heterocycles. The minimum absolute atomic E-state index is 0.161. The number of benzene rings is 1. The summed E-state index contributed by atoms with van der Waals surface area (Å²) in [7, 11) is -3.99. The van der Waals surface area contributed by atoms with Crippen molar-refractivity contribution in [1.82, 2.24) is 10.0 Å². The molecule has 28 heavy (non-hydrogen) atoms. The van der Waals surface area contributed by atoms with Gasteiger partial charge in [0.05, 0.1) is 22.4 Å². The first-order chi connectivity index (χ1) is 12.9. The third kappa shape index (κ3) is 6.74. The molecular weight excluding hydrogens is 413 g/mol. The SMILES string of the molecule is CC(C)[C@@](C)(C#N)NC(=O)COC(=O)CCNS(=O)(=O)c1ccc(F)c(Cl)c1. The van der Waals surface area contributed by atoms with Crippen molar-refractivity contribution in [3.63, 3.8) is 0 Å². The topological polar surface area (TPSA) is 125 Å². The van der Waals surface area contributed by atoms with E-state index in [1.54, 1.807) is 20.8 Å². The molecule has 1 rings (SSSR count). The first kappa shape index (κ1) is 23.8. The molecule has 0 spiro atoms. The number of nitriles is 1. The quantitative estimate of drug-likeness (QED) is 0.571. The summed E-state index contributed by atoms with van der Waals surface area (Å²) >= 11 is 5.55. The van der Waals surface area contributed by atoms with Crippen LogP contribution in [0.25, 0.3) is 0 Å². The number of carbonyl (C=O) groups is 2. The van der Waals surface area contributed by atoms with Crippen molar-refractivity contribution < 1.29 is 27.1 Å². The molecule has 0 aliphatic carbocycles. The summed E-state index contributed by atoms with van der Waals surface area (Å²) in [5.74, 6) is -2.37. The number of hydrogen-bond acceptors (Lipinski definition) is 6. The van der Waals surface area contributed by atoms with Crippen molar-refractivity contribution in [2.24, 2.45) is 5.92 Å². The van der Waals surface area contributed by atoms with Gasteiger partial charge in [0.15, 0.2) is 6.61 Å². The Labute approximate surface area is 168 Å². The van der Waals surface area contributed by atoms with Gasteiger partial charge in [-0.05, 0) is 31.0 Å². The number of esters is 1. The van der Waals surface area contributed by atoms with Crippen LogP contribution in [0.4, 0.5) is 4.39 Å². The van der Waals surface area contributed by atoms with E-state index < -0.39 is 39.9 Å². The normalized spacial score (nSPS) is 13.5. The number of amides is 1. The highest BCUT2D eigenvalue weighted by Gasteiger charge is 2.30. The minimum Gasteiger partial charge on any atom is -0.456 e. The summed E-state index contributed by atoms with van der Waals surface area (Å²) in [5, 5.41) is 11.3. The second-order valence-corrected chi connectivity index (χ2v) is 8.58. The molecule has 1 aromatic carbocycles. The molecule has 2 N–H and O–H groups in total. The largest absolute Gasteiger partial charge is 0.456 e. The Hall–Kier alpha value is -2.22. The van der Waals surface area contributed by atoms with Crippen LogP contribution in [0.3, 0.4) is 0 Å². The molecule has 154 valence electrons. The molecule has 0 aliphatic rings. The van der Waals surface area contributed by atoms with Crippen LogP contribution in [-0.2, 0) is 24.3 Å². The van der Waals surface area contributed by atoms with Gasteiger partial charge in [0.2, 0.25) is 10.0 Å². The number of hydrogen-bond donors (Lipinski definition) is 2. The Morgan fingerprint density at radius 2 is 2.04 bits per heavy atom. The highest BCUT2D eigenvalue weighted by Crippen LogP contribution is 2.19. The minimum atomic E-state index is -3.99. The smallest absolute Gasteiger partial charge is 0.307 e. The number of sulfonamides is 1. The highest BCUT2D eigenvalue weighted by atomic mass is 35.5. The first-order valence-corrected chi connectivity index (χ1v) is 10.1. The van der Waals surface area contributed by atoms with E-state index in [4.69, 9.17) is 21.6 Å². The van der Waals surface area contributed by atoms with Gasteiger partial charge in [-0.25, -0.2) is 17.5 Å². The third-order valence-corrected chi connectivity index (χ3v) is 5.72. The number of nitrogens with zero attached hydrogens (tertiary/aromatic N) is 1. The van der Waals surface area contributed by atoms with E-state index in [1.807, 2.05) is 6.07 Å². The second-order valence-electron chi connectivity index (χ2n) is 6.40. The molecule has 1 atom stereocenters. The third-order valence-electron chi connectivity index (χ3n) is 3.97. The van der Waals surface area contributed by atoms with E-state index in [0.29, 0.717) is 0 Å². The molecule has 0 fully saturated rings. The fraction of sp³-hybridized carbons (Fsp3) is 0.471. The molecule has 0 bridgehead atoms. The molecule has 0 saturated heterocycles. The van der Waals surface area contributed by atoms with E-state index in [0.717, 1.165) is 18.2 Å². The highest BCUT2D eigenvalue weighted by molar-refractivity contribution is 7.89. The molecule has 8 nitrogen and oxygen atoms in total. The Bertz CT molecular complexity index is 885. The number of ether oxygens (including phenoxy) is 1. The zero-order chi connectivity index (χ0) is 21.5. The molecule has 0 unspecified atom stereocenters. The Kier molecular flexibility index (Phi) is 8.35. The average molecular weight is 434 g/mol. The number of rotatable bonds is 9. The van der Waals surface area contributed by atoms with E-state index in [1.165, 1.54) is 0 Å². The lowest BCUT2D eigenvalue weighted by atomic mass is 9.90. The zero-order valence-electron chi connectivity index (χ0n) is 15.6. The van der Waals surface area contributed by atoms with Crippen LogP contribution in [0, 0.1) is 23.1 Å². The van der Waals surface area contributed by atoms with Gasteiger partial charge in [-0.3, -0.25) is 9.59 Å². The lowest BCUT2D eigenvalue weighted by Crippen LogP contribution is -2.50. The van der Waals surface area contributed by atoms with Crippen molar-refractivity contribution in [2.45, 2.75) is 37.6 Å². The van der Waals surface area contributed by atoms with Gasteiger partial charge in [0.25, 0.3) is 5.91 Å². The van der Waals surface area contributed by atoms with Gasteiger partial charge in [-0.1, -0.05) is 25.4 Å². The number of carbonyl (C=O) groups excluding carboxylic acids is 2. The van der Waals surface area contributed by atoms with Gasteiger partial charge >= 0.3 is 5.97 Å². The van der Waals surface area contributed by atoms with Crippen molar-refractivity contribution in [3.8, 4) is 6.07 Å². The van der Waals surface area contributed by atoms with E-state index in [-0.39, 0.29) is 28.8 Å². The Balaban J connectivity index is 2.47. The van der Waals surface area contributed by atoms with Gasteiger partial charge in [-0.2, -0.15) is 5.26 Å². The molecular formula is C17H21ClFN3O5S. The number of halogens is 2. The Morgan fingerprint density at radius 3 is 2.57 bits per heavy atom. The molecule has 0 aliphatic heterocycles. The predicted molar refractivity (Wildman–Crippen MR) is 99.2 cm³/mol. The second kappa shape index (κ2) is 9.82. The van der Waals surface area contributed by atoms with Crippen LogP contribution in [0.2, 0.25) is 5.02 Å². The van der Waals surface area contributed by atoms with Gasteiger partial charge in [-0.15, -0.1) is 0 Å². The Morgan fingerprint density at radius 1 is 1.39 bits per heavy atom. The molecule has 11 heteroatoms. The molecule has 0 radical (unpaired) electrons. The summed E-state index contributed by atoms with van der Waals surface area (Å²) < 4.78 is 44.1. The lowest BCUT2D eigenvalue weighted by molar-refractivity contribution is -0.148. The van der Waals surface area contributed by atoms with Crippen LogP contribution >= 0.6 is 11.6 Å². The zero-order valence-corrected chi connectivity index (χ0v) is 17.2. The van der Waals surface area contributed by atoms with Crippen molar-refractivity contribution in [3.05, 3.63) is 29.0 Å². The van der Waals surface area contributed by atoms with E-state index in [2.05, 4.69) is 10.0 Å². The van der Waals surface area contributed by atoms with Crippen molar-refractivity contribution in [2.75, 3.05) is 13.2 Å². The summed E-state index contributed by atoms with van der Waals surface area (Å²) in [5.41, 5.74) is -1.10. The van der Waals surface area contributed by atoms with Crippen LogP contribution < -0.4 is 10.0 Å². The fourth-order valence-electron chi connectivity index (χ4n) is 1.86. The van der Waals surface area contributed by atoms with Gasteiger partial charge in [0.1, 0.15) is 11.4 Å². The fourth-order valence-corrected chi connectivity index (χ4v) is 3.16.